The summed E-state index contributed by atoms with van der Waals surface area (Å²) in [6, 6.07) is 6.31. The minimum Gasteiger partial charge on any atom is -0.356 e. The highest BCUT2D eigenvalue weighted by molar-refractivity contribution is 5.93. The first-order chi connectivity index (χ1) is 23.2. The Bertz CT molecular complexity index is 1840. The number of aryl methyl sites for hydroxylation is 2. The summed E-state index contributed by atoms with van der Waals surface area (Å²) in [4.78, 5) is 31.4. The minimum atomic E-state index is -4.47. The molecule has 0 spiro atoms. The van der Waals surface area contributed by atoms with Crippen LogP contribution >= 0.6 is 0 Å². The van der Waals surface area contributed by atoms with Crippen LogP contribution in [0.25, 0.3) is 11.0 Å². The standard InChI is InChI=1S/C37H45F3N8O/c1-22-12-26(14-29(13-22)37(38,39)40)20-47(35-41-16-30(17-42-35)43-34(49)27-10-11-27)21-28-15-31-23(2)45-48(36(3,4)5)33(31)44-32(28)46(18-24-6-7-24)19-25-8-9-25/h12-17,24-25,27H,6-11,18-21H2,1-5H3,(H,43,49). The van der Waals surface area contributed by atoms with Crippen molar-refractivity contribution in [3.8, 4) is 0 Å². The van der Waals surface area contributed by atoms with Gasteiger partial charge in [-0.05, 0) is 109 Å². The number of alkyl halides is 3. The van der Waals surface area contributed by atoms with Gasteiger partial charge in [0.2, 0.25) is 11.9 Å². The molecule has 3 aliphatic rings. The fraction of sp³-hybridized carbons (Fsp3) is 0.541. The van der Waals surface area contributed by atoms with Gasteiger partial charge in [-0.25, -0.2) is 19.6 Å². The molecule has 9 nitrogen and oxygen atoms in total. The zero-order valence-electron chi connectivity index (χ0n) is 28.9. The molecule has 1 amide bonds. The molecule has 0 atom stereocenters. The average Bonchev–Trinajstić information content (AvgIpc) is 3.88. The van der Waals surface area contributed by atoms with Crippen molar-refractivity contribution in [2.45, 2.75) is 97.9 Å². The Morgan fingerprint density at radius 3 is 2.12 bits per heavy atom. The zero-order chi connectivity index (χ0) is 34.7. The van der Waals surface area contributed by atoms with Gasteiger partial charge in [-0.2, -0.15) is 18.3 Å². The summed E-state index contributed by atoms with van der Waals surface area (Å²) < 4.78 is 43.7. The summed E-state index contributed by atoms with van der Waals surface area (Å²) in [5.74, 6) is 2.48. The lowest BCUT2D eigenvalue weighted by Gasteiger charge is -2.30. The molecule has 49 heavy (non-hydrogen) atoms. The molecule has 0 radical (unpaired) electrons. The first-order valence-corrected chi connectivity index (χ1v) is 17.4. The van der Waals surface area contributed by atoms with E-state index in [1.165, 1.54) is 37.8 Å². The third-order valence-corrected chi connectivity index (χ3v) is 9.52. The summed E-state index contributed by atoms with van der Waals surface area (Å²) in [6.45, 7) is 12.3. The topological polar surface area (TPSA) is 92.1 Å². The van der Waals surface area contributed by atoms with Crippen molar-refractivity contribution in [3.05, 3.63) is 64.6 Å². The second-order valence-corrected chi connectivity index (χ2v) is 15.4. The van der Waals surface area contributed by atoms with E-state index in [0.29, 0.717) is 41.1 Å². The SMILES string of the molecule is Cc1cc(CN(Cc2cc3c(C)nn(C(C)(C)C)c3nc2N(CC2CC2)CC2CC2)c2ncc(NC(=O)C3CC3)cn2)cc(C(F)(F)F)c1. The van der Waals surface area contributed by atoms with Crippen molar-refractivity contribution in [3.63, 3.8) is 0 Å². The summed E-state index contributed by atoms with van der Waals surface area (Å²) >= 11 is 0. The van der Waals surface area contributed by atoms with Crippen LogP contribution in [0.15, 0.2) is 36.7 Å². The van der Waals surface area contributed by atoms with Gasteiger partial charge in [-0.1, -0.05) is 11.6 Å². The third-order valence-electron chi connectivity index (χ3n) is 9.52. The zero-order valence-corrected chi connectivity index (χ0v) is 28.9. The van der Waals surface area contributed by atoms with E-state index >= 15 is 0 Å². The molecule has 3 saturated carbocycles. The van der Waals surface area contributed by atoms with Crippen LogP contribution in [0.2, 0.25) is 0 Å². The Kier molecular flexibility index (Phi) is 8.55. The van der Waals surface area contributed by atoms with E-state index < -0.39 is 11.7 Å². The Labute approximate surface area is 285 Å². The molecular weight excluding hydrogens is 629 g/mol. The number of halogens is 3. The Morgan fingerprint density at radius 2 is 1.55 bits per heavy atom. The number of carbonyl (C=O) groups is 1. The van der Waals surface area contributed by atoms with Crippen LogP contribution in [0.4, 0.5) is 30.6 Å². The average molecular weight is 675 g/mol. The quantitative estimate of drug-likeness (QED) is 0.164. The molecular formula is C37H45F3N8O. The molecule has 260 valence electrons. The molecule has 7 rings (SSSR count). The number of aromatic nitrogens is 5. The Morgan fingerprint density at radius 1 is 0.898 bits per heavy atom. The monoisotopic (exact) mass is 674 g/mol. The molecule has 0 saturated heterocycles. The second-order valence-electron chi connectivity index (χ2n) is 15.4. The number of anilines is 3. The Hall–Kier alpha value is -4.22. The fourth-order valence-corrected chi connectivity index (χ4v) is 6.42. The van der Waals surface area contributed by atoms with Crippen LogP contribution in [0, 0.1) is 31.6 Å². The van der Waals surface area contributed by atoms with Gasteiger partial charge in [0.05, 0.1) is 34.9 Å². The van der Waals surface area contributed by atoms with Crippen molar-refractivity contribution in [2.24, 2.45) is 17.8 Å². The molecule has 12 heteroatoms. The second kappa shape index (κ2) is 12.6. The van der Waals surface area contributed by atoms with Crippen LogP contribution in [0.3, 0.4) is 0 Å². The molecule has 4 aromatic rings. The molecule has 3 heterocycles. The summed E-state index contributed by atoms with van der Waals surface area (Å²) in [5.41, 5.74) is 3.19. The largest absolute Gasteiger partial charge is 0.416 e. The molecule has 3 fully saturated rings. The maximum atomic E-state index is 13.9. The van der Waals surface area contributed by atoms with Gasteiger partial charge < -0.3 is 15.1 Å². The van der Waals surface area contributed by atoms with Gasteiger partial charge in [0.1, 0.15) is 5.82 Å². The fourth-order valence-electron chi connectivity index (χ4n) is 6.42. The number of nitrogens with one attached hydrogen (secondary N) is 1. The van der Waals surface area contributed by atoms with E-state index in [4.69, 9.17) is 10.1 Å². The highest BCUT2D eigenvalue weighted by Gasteiger charge is 2.34. The van der Waals surface area contributed by atoms with Crippen molar-refractivity contribution >= 4 is 34.4 Å². The smallest absolute Gasteiger partial charge is 0.356 e. The van der Waals surface area contributed by atoms with E-state index in [1.54, 1.807) is 25.4 Å². The molecule has 1 aromatic carbocycles. The van der Waals surface area contributed by atoms with Crippen LogP contribution in [0.5, 0.6) is 0 Å². The van der Waals surface area contributed by atoms with Gasteiger partial charge >= 0.3 is 6.18 Å². The molecule has 3 aliphatic carbocycles. The number of amides is 1. The normalized spacial score (nSPS) is 16.7. The predicted octanol–water partition coefficient (Wildman–Crippen LogP) is 7.79. The van der Waals surface area contributed by atoms with E-state index in [9.17, 15) is 18.0 Å². The number of nitrogens with zero attached hydrogens (tertiary/aromatic N) is 7. The number of pyridine rings is 1. The van der Waals surface area contributed by atoms with E-state index in [0.717, 1.165) is 54.0 Å². The van der Waals surface area contributed by atoms with Gasteiger partial charge in [0.25, 0.3) is 0 Å². The lowest BCUT2D eigenvalue weighted by Crippen LogP contribution is -2.32. The van der Waals surface area contributed by atoms with E-state index in [2.05, 4.69) is 47.0 Å². The lowest BCUT2D eigenvalue weighted by atomic mass is 10.1. The molecule has 1 N–H and O–H groups in total. The van der Waals surface area contributed by atoms with Gasteiger partial charge in [0.15, 0.2) is 5.65 Å². The molecule has 0 unspecified atom stereocenters. The first-order valence-electron chi connectivity index (χ1n) is 17.4. The predicted molar refractivity (Wildman–Crippen MR) is 184 cm³/mol. The number of benzene rings is 1. The maximum absolute atomic E-state index is 13.9. The molecule has 0 aliphatic heterocycles. The highest BCUT2D eigenvalue weighted by Crippen LogP contribution is 2.39. The Balaban J connectivity index is 1.31. The van der Waals surface area contributed by atoms with E-state index in [-0.39, 0.29) is 23.9 Å². The number of fused-ring (bicyclic) bond motifs is 1. The number of hydrogen-bond donors (Lipinski definition) is 1. The summed E-state index contributed by atoms with van der Waals surface area (Å²) in [7, 11) is 0. The first kappa shape index (κ1) is 33.3. The number of rotatable bonds is 12. The van der Waals surface area contributed by atoms with Crippen LogP contribution in [0.1, 0.15) is 87.2 Å². The molecule has 0 bridgehead atoms. The van der Waals surface area contributed by atoms with Crippen LogP contribution < -0.4 is 15.1 Å². The minimum absolute atomic E-state index is 0.0291. The lowest BCUT2D eigenvalue weighted by molar-refractivity contribution is -0.137. The van der Waals surface area contributed by atoms with Gasteiger partial charge in [-0.3, -0.25) is 4.79 Å². The van der Waals surface area contributed by atoms with E-state index in [1.807, 2.05) is 16.5 Å². The maximum Gasteiger partial charge on any atom is 0.416 e. The third kappa shape index (κ3) is 7.83. The summed E-state index contributed by atoms with van der Waals surface area (Å²) in [6.07, 6.45) is 5.24. The van der Waals surface area contributed by atoms with Crippen LogP contribution in [-0.4, -0.2) is 43.7 Å². The highest BCUT2D eigenvalue weighted by atomic mass is 19.4. The van der Waals surface area contributed by atoms with Crippen molar-refractivity contribution in [1.82, 2.24) is 24.7 Å². The van der Waals surface area contributed by atoms with Crippen LogP contribution in [-0.2, 0) is 29.6 Å². The number of hydrogen-bond acceptors (Lipinski definition) is 7. The van der Waals surface area contributed by atoms with Crippen molar-refractivity contribution in [2.75, 3.05) is 28.2 Å². The number of carbonyl (C=O) groups excluding carboxylic acids is 1. The summed E-state index contributed by atoms with van der Waals surface area (Å²) in [5, 5.41) is 8.73. The molecule has 3 aromatic heterocycles. The van der Waals surface area contributed by atoms with Gasteiger partial charge in [-0.15, -0.1) is 0 Å². The van der Waals surface area contributed by atoms with Crippen molar-refractivity contribution < 1.29 is 18.0 Å². The van der Waals surface area contributed by atoms with Gasteiger partial charge in [0, 0.05) is 43.0 Å². The van der Waals surface area contributed by atoms with Crippen molar-refractivity contribution in [1.29, 1.82) is 0 Å².